The normalized spacial score (nSPS) is 14.3. The molecule has 0 bridgehead atoms. The van der Waals surface area contributed by atoms with E-state index in [0.717, 1.165) is 25.9 Å². The zero-order chi connectivity index (χ0) is 12.1. The predicted octanol–water partition coefficient (Wildman–Crippen LogP) is 3.11. The van der Waals surface area contributed by atoms with Gasteiger partial charge in [0.05, 0.1) is 6.04 Å². The van der Waals surface area contributed by atoms with E-state index in [2.05, 4.69) is 18.7 Å². The molecule has 0 radical (unpaired) electrons. The summed E-state index contributed by atoms with van der Waals surface area (Å²) in [4.78, 5) is 14.4. The SMILES string of the molecule is CCCN(CCC)[C@H](C)C(=O)C(C)(C)C. The molecule has 0 amide bonds. The van der Waals surface area contributed by atoms with Crippen molar-refractivity contribution in [2.75, 3.05) is 13.1 Å². The maximum Gasteiger partial charge on any atom is 0.154 e. The fourth-order valence-electron chi connectivity index (χ4n) is 1.87. The van der Waals surface area contributed by atoms with Crippen LogP contribution in [0.3, 0.4) is 0 Å². The molecule has 0 rings (SSSR count). The van der Waals surface area contributed by atoms with Crippen LogP contribution < -0.4 is 0 Å². The van der Waals surface area contributed by atoms with E-state index < -0.39 is 0 Å². The van der Waals surface area contributed by atoms with Crippen molar-refractivity contribution >= 4 is 5.78 Å². The molecule has 0 aromatic carbocycles. The highest BCUT2D eigenvalue weighted by molar-refractivity contribution is 5.88. The quantitative estimate of drug-likeness (QED) is 0.675. The molecular weight excluding hydrogens is 186 g/mol. The molecule has 2 nitrogen and oxygen atoms in total. The van der Waals surface area contributed by atoms with Crippen LogP contribution in [-0.2, 0) is 4.79 Å². The van der Waals surface area contributed by atoms with E-state index in [0.29, 0.717) is 5.78 Å². The number of ketones is 1. The minimum atomic E-state index is -0.223. The van der Waals surface area contributed by atoms with Gasteiger partial charge in [0, 0.05) is 5.41 Å². The summed E-state index contributed by atoms with van der Waals surface area (Å²) < 4.78 is 0. The summed E-state index contributed by atoms with van der Waals surface area (Å²) in [5.41, 5.74) is -0.223. The first-order chi connectivity index (χ1) is 6.84. The molecule has 0 saturated carbocycles. The third-order valence-corrected chi connectivity index (χ3v) is 2.69. The van der Waals surface area contributed by atoms with Gasteiger partial charge in [0.25, 0.3) is 0 Å². The minimum Gasteiger partial charge on any atom is -0.297 e. The molecule has 0 aromatic rings. The average molecular weight is 213 g/mol. The highest BCUT2D eigenvalue weighted by atomic mass is 16.1. The van der Waals surface area contributed by atoms with Gasteiger partial charge in [0.15, 0.2) is 5.78 Å². The van der Waals surface area contributed by atoms with Crippen LogP contribution in [0.2, 0.25) is 0 Å². The Kier molecular flexibility index (Phi) is 6.11. The highest BCUT2D eigenvalue weighted by Crippen LogP contribution is 2.19. The molecule has 90 valence electrons. The van der Waals surface area contributed by atoms with Crippen LogP contribution in [0.5, 0.6) is 0 Å². The van der Waals surface area contributed by atoms with Gasteiger partial charge < -0.3 is 0 Å². The van der Waals surface area contributed by atoms with Gasteiger partial charge in [-0.2, -0.15) is 0 Å². The molecular formula is C13H27NO. The molecule has 1 atom stereocenters. The number of hydrogen-bond donors (Lipinski definition) is 0. The Morgan fingerprint density at radius 3 is 1.80 bits per heavy atom. The molecule has 0 N–H and O–H groups in total. The summed E-state index contributed by atoms with van der Waals surface area (Å²) in [6, 6.07) is 0.0601. The van der Waals surface area contributed by atoms with Crippen molar-refractivity contribution in [3.63, 3.8) is 0 Å². The van der Waals surface area contributed by atoms with Gasteiger partial charge in [-0.3, -0.25) is 9.69 Å². The monoisotopic (exact) mass is 213 g/mol. The molecule has 0 aliphatic heterocycles. The maximum atomic E-state index is 12.1. The Bertz CT molecular complexity index is 187. The van der Waals surface area contributed by atoms with Crippen LogP contribution in [-0.4, -0.2) is 29.8 Å². The Morgan fingerprint density at radius 2 is 1.53 bits per heavy atom. The second-order valence-electron chi connectivity index (χ2n) is 5.33. The number of rotatable bonds is 6. The zero-order valence-electron chi connectivity index (χ0n) is 11.3. The minimum absolute atomic E-state index is 0.0601. The van der Waals surface area contributed by atoms with Crippen molar-refractivity contribution in [3.05, 3.63) is 0 Å². The van der Waals surface area contributed by atoms with E-state index in [1.165, 1.54) is 0 Å². The summed E-state index contributed by atoms with van der Waals surface area (Å²) in [6.07, 6.45) is 2.23. The van der Waals surface area contributed by atoms with Gasteiger partial charge >= 0.3 is 0 Å². The van der Waals surface area contributed by atoms with Crippen LogP contribution in [0.1, 0.15) is 54.4 Å². The third kappa shape index (κ3) is 4.78. The van der Waals surface area contributed by atoms with Crippen LogP contribution in [0.4, 0.5) is 0 Å². The van der Waals surface area contributed by atoms with Crippen molar-refractivity contribution in [3.8, 4) is 0 Å². The summed E-state index contributed by atoms with van der Waals surface area (Å²) >= 11 is 0. The van der Waals surface area contributed by atoms with Crippen molar-refractivity contribution in [1.82, 2.24) is 4.90 Å². The van der Waals surface area contributed by atoms with Gasteiger partial charge in [-0.1, -0.05) is 34.6 Å². The van der Waals surface area contributed by atoms with Crippen LogP contribution in [0, 0.1) is 5.41 Å². The lowest BCUT2D eigenvalue weighted by Gasteiger charge is -2.31. The van der Waals surface area contributed by atoms with E-state index in [4.69, 9.17) is 0 Å². The largest absolute Gasteiger partial charge is 0.297 e. The van der Waals surface area contributed by atoms with Crippen molar-refractivity contribution < 1.29 is 4.79 Å². The van der Waals surface area contributed by atoms with Crippen LogP contribution in [0.25, 0.3) is 0 Å². The molecule has 0 aliphatic carbocycles. The van der Waals surface area contributed by atoms with Crippen molar-refractivity contribution in [2.24, 2.45) is 5.41 Å². The molecule has 0 heterocycles. The molecule has 15 heavy (non-hydrogen) atoms. The fraction of sp³-hybridized carbons (Fsp3) is 0.923. The number of nitrogens with zero attached hydrogens (tertiary/aromatic N) is 1. The first-order valence-electron chi connectivity index (χ1n) is 6.13. The predicted molar refractivity (Wildman–Crippen MR) is 66.1 cm³/mol. The lowest BCUT2D eigenvalue weighted by Crippen LogP contribution is -2.44. The summed E-state index contributed by atoms with van der Waals surface area (Å²) in [5, 5.41) is 0. The van der Waals surface area contributed by atoms with Crippen molar-refractivity contribution in [2.45, 2.75) is 60.4 Å². The smallest absolute Gasteiger partial charge is 0.154 e. The fourth-order valence-corrected chi connectivity index (χ4v) is 1.87. The van der Waals surface area contributed by atoms with E-state index in [-0.39, 0.29) is 11.5 Å². The lowest BCUT2D eigenvalue weighted by molar-refractivity contribution is -0.131. The second-order valence-corrected chi connectivity index (χ2v) is 5.33. The molecule has 0 aromatic heterocycles. The zero-order valence-corrected chi connectivity index (χ0v) is 11.3. The number of carbonyl (C=O) groups is 1. The molecule has 0 aliphatic rings. The first-order valence-corrected chi connectivity index (χ1v) is 6.13. The number of Topliss-reactive ketones (excluding diaryl/α,β-unsaturated/α-hetero) is 1. The van der Waals surface area contributed by atoms with Gasteiger partial charge in [0.1, 0.15) is 0 Å². The van der Waals surface area contributed by atoms with Crippen LogP contribution in [0.15, 0.2) is 0 Å². The summed E-state index contributed by atoms with van der Waals surface area (Å²) in [7, 11) is 0. The summed E-state index contributed by atoms with van der Waals surface area (Å²) in [5.74, 6) is 0.351. The van der Waals surface area contributed by atoms with Gasteiger partial charge in [-0.05, 0) is 32.9 Å². The van der Waals surface area contributed by atoms with Crippen LogP contribution >= 0.6 is 0 Å². The topological polar surface area (TPSA) is 20.3 Å². The van der Waals surface area contributed by atoms with E-state index in [1.54, 1.807) is 0 Å². The second kappa shape index (κ2) is 6.26. The Balaban J connectivity index is 4.48. The molecule has 2 heteroatoms. The van der Waals surface area contributed by atoms with E-state index in [9.17, 15) is 4.79 Å². The highest BCUT2D eigenvalue weighted by Gasteiger charge is 2.29. The van der Waals surface area contributed by atoms with E-state index in [1.807, 2.05) is 27.7 Å². The first kappa shape index (κ1) is 14.6. The maximum absolute atomic E-state index is 12.1. The molecule has 0 fully saturated rings. The molecule has 0 unspecified atom stereocenters. The third-order valence-electron chi connectivity index (χ3n) is 2.69. The molecule has 0 spiro atoms. The Labute approximate surface area is 95.0 Å². The van der Waals surface area contributed by atoms with Gasteiger partial charge in [-0.15, -0.1) is 0 Å². The summed E-state index contributed by atoms with van der Waals surface area (Å²) in [6.45, 7) is 14.4. The van der Waals surface area contributed by atoms with Gasteiger partial charge in [0.2, 0.25) is 0 Å². The Morgan fingerprint density at radius 1 is 1.13 bits per heavy atom. The Hall–Kier alpha value is -0.370. The number of hydrogen-bond acceptors (Lipinski definition) is 2. The van der Waals surface area contributed by atoms with E-state index >= 15 is 0 Å². The lowest BCUT2D eigenvalue weighted by atomic mass is 9.86. The van der Waals surface area contributed by atoms with Crippen molar-refractivity contribution in [1.29, 1.82) is 0 Å². The standard InChI is InChI=1S/C13H27NO/c1-7-9-14(10-8-2)11(3)12(15)13(4,5)6/h11H,7-10H2,1-6H3/t11-/m1/s1. The van der Waals surface area contributed by atoms with Gasteiger partial charge in [-0.25, -0.2) is 0 Å². The molecule has 0 saturated heterocycles. The average Bonchev–Trinajstić information content (AvgIpc) is 2.14. The number of carbonyl (C=O) groups excluding carboxylic acids is 1.